The van der Waals surface area contributed by atoms with Crippen LogP contribution in [0, 0.1) is 0 Å². The van der Waals surface area contributed by atoms with E-state index in [0.29, 0.717) is 0 Å². The molecule has 2 heterocycles. The van der Waals surface area contributed by atoms with Crippen molar-refractivity contribution >= 4 is 15.9 Å². The normalized spacial score (nSPS) is 20.4. The Morgan fingerprint density at radius 2 is 2.28 bits per heavy atom. The lowest BCUT2D eigenvalue weighted by atomic mass is 9.81. The first kappa shape index (κ1) is 11.9. The third kappa shape index (κ3) is 2.10. The summed E-state index contributed by atoms with van der Waals surface area (Å²) in [6, 6.07) is 7.85. The van der Waals surface area contributed by atoms with E-state index in [-0.39, 0.29) is 12.0 Å². The molecular formula is C14H15BrN2O. The van der Waals surface area contributed by atoms with E-state index in [1.54, 1.807) is 0 Å². The van der Waals surface area contributed by atoms with Gasteiger partial charge in [0.1, 0.15) is 5.76 Å². The zero-order chi connectivity index (χ0) is 12.5. The molecule has 0 radical (unpaired) electrons. The number of hydrogen-bond donors (Lipinski definition) is 1. The lowest BCUT2D eigenvalue weighted by Gasteiger charge is -2.27. The summed E-state index contributed by atoms with van der Waals surface area (Å²) in [5, 5.41) is 0. The fraction of sp³-hybridized carbons (Fsp3) is 0.357. The maximum atomic E-state index is 6.34. The summed E-state index contributed by atoms with van der Waals surface area (Å²) in [7, 11) is 0. The maximum absolute atomic E-state index is 6.34. The second-order valence-corrected chi connectivity index (χ2v) is 5.50. The van der Waals surface area contributed by atoms with Crippen molar-refractivity contribution in [2.45, 2.75) is 31.2 Å². The molecule has 18 heavy (non-hydrogen) atoms. The van der Waals surface area contributed by atoms with Crippen molar-refractivity contribution in [2.24, 2.45) is 5.73 Å². The van der Waals surface area contributed by atoms with Crippen LogP contribution in [0.5, 0.6) is 0 Å². The van der Waals surface area contributed by atoms with Crippen LogP contribution < -0.4 is 5.73 Å². The topological polar surface area (TPSA) is 52.0 Å². The third-order valence-electron chi connectivity index (χ3n) is 3.59. The molecule has 0 saturated carbocycles. The Labute approximate surface area is 115 Å². The van der Waals surface area contributed by atoms with E-state index >= 15 is 0 Å². The van der Waals surface area contributed by atoms with Crippen LogP contribution in [-0.4, -0.2) is 4.98 Å². The van der Waals surface area contributed by atoms with Gasteiger partial charge in [-0.2, -0.15) is 0 Å². The maximum Gasteiger partial charge on any atom is 0.169 e. The highest BCUT2D eigenvalue weighted by atomic mass is 79.9. The summed E-state index contributed by atoms with van der Waals surface area (Å²) in [6.07, 6.45) is 5.19. The minimum absolute atomic E-state index is 0.120. The molecule has 0 saturated heterocycles. The van der Waals surface area contributed by atoms with Gasteiger partial charge in [0.25, 0.3) is 0 Å². The molecule has 2 aromatic rings. The van der Waals surface area contributed by atoms with Crippen LogP contribution in [-0.2, 0) is 6.42 Å². The lowest BCUT2D eigenvalue weighted by molar-refractivity contribution is 0.382. The predicted molar refractivity (Wildman–Crippen MR) is 73.3 cm³/mol. The summed E-state index contributed by atoms with van der Waals surface area (Å²) in [6.45, 7) is 0. The highest BCUT2D eigenvalue weighted by Crippen LogP contribution is 2.38. The van der Waals surface area contributed by atoms with Crippen molar-refractivity contribution < 1.29 is 4.42 Å². The van der Waals surface area contributed by atoms with Gasteiger partial charge in [0.05, 0.1) is 6.04 Å². The number of fused-ring (bicyclic) bond motifs is 1. The second-order valence-electron chi connectivity index (χ2n) is 4.71. The quantitative estimate of drug-likeness (QED) is 0.923. The van der Waals surface area contributed by atoms with Crippen molar-refractivity contribution in [3.05, 3.63) is 52.1 Å². The van der Waals surface area contributed by atoms with Gasteiger partial charge in [-0.3, -0.25) is 4.98 Å². The van der Waals surface area contributed by atoms with Crippen LogP contribution >= 0.6 is 15.9 Å². The zero-order valence-electron chi connectivity index (χ0n) is 9.97. The molecule has 2 atom stereocenters. The first-order valence-electron chi connectivity index (χ1n) is 6.20. The monoisotopic (exact) mass is 306 g/mol. The van der Waals surface area contributed by atoms with Crippen LogP contribution in [0.1, 0.15) is 41.8 Å². The third-order valence-corrected chi connectivity index (χ3v) is 4.02. The zero-order valence-corrected chi connectivity index (χ0v) is 11.6. The molecule has 3 nitrogen and oxygen atoms in total. The van der Waals surface area contributed by atoms with Gasteiger partial charge in [-0.15, -0.1) is 0 Å². The van der Waals surface area contributed by atoms with Crippen LogP contribution in [0.2, 0.25) is 0 Å². The number of furan rings is 1. The summed E-state index contributed by atoms with van der Waals surface area (Å²) in [5.41, 5.74) is 8.81. The average Bonchev–Trinajstić information content (AvgIpc) is 2.84. The standard InChI is InChI=1S/C14H15BrN2O/c15-12-7-6-11(18-12)13(16)10-5-1-3-9-4-2-8-17-14(9)10/h2,4,6-8,10,13H,1,3,5,16H2. The minimum Gasteiger partial charge on any atom is -0.453 e. The van der Waals surface area contributed by atoms with E-state index in [2.05, 4.69) is 27.0 Å². The summed E-state index contributed by atoms with van der Waals surface area (Å²) >= 11 is 3.32. The van der Waals surface area contributed by atoms with Crippen molar-refractivity contribution in [3.63, 3.8) is 0 Å². The average molecular weight is 307 g/mol. The highest BCUT2D eigenvalue weighted by Gasteiger charge is 2.29. The van der Waals surface area contributed by atoms with E-state index in [4.69, 9.17) is 10.2 Å². The molecule has 0 spiro atoms. The molecule has 0 amide bonds. The van der Waals surface area contributed by atoms with Crippen LogP contribution in [0.15, 0.2) is 39.5 Å². The predicted octanol–water partition coefficient (Wildman–Crippen LogP) is 3.56. The molecule has 2 N–H and O–H groups in total. The molecule has 0 fully saturated rings. The van der Waals surface area contributed by atoms with Crippen LogP contribution in [0.3, 0.4) is 0 Å². The number of aromatic nitrogens is 1. The first-order chi connectivity index (χ1) is 8.75. The molecule has 1 aliphatic carbocycles. The molecule has 0 aliphatic heterocycles. The van der Waals surface area contributed by atoms with Gasteiger partial charge in [0, 0.05) is 17.8 Å². The van der Waals surface area contributed by atoms with E-state index in [0.717, 1.165) is 29.0 Å². The number of rotatable bonds is 2. The minimum atomic E-state index is -0.120. The van der Waals surface area contributed by atoms with Crippen molar-refractivity contribution in [3.8, 4) is 0 Å². The summed E-state index contributed by atoms with van der Waals surface area (Å²) < 4.78 is 6.30. The number of aryl methyl sites for hydroxylation is 1. The molecule has 2 unspecified atom stereocenters. The Kier molecular flexibility index (Phi) is 3.22. The van der Waals surface area contributed by atoms with E-state index in [1.807, 2.05) is 24.4 Å². The van der Waals surface area contributed by atoms with E-state index in [1.165, 1.54) is 12.0 Å². The molecule has 94 valence electrons. The lowest BCUT2D eigenvalue weighted by Crippen LogP contribution is -2.24. The molecule has 0 aromatic carbocycles. The fourth-order valence-corrected chi connectivity index (χ4v) is 3.02. The Balaban J connectivity index is 1.94. The first-order valence-corrected chi connectivity index (χ1v) is 6.99. The van der Waals surface area contributed by atoms with Gasteiger partial charge in [-0.1, -0.05) is 6.07 Å². The Morgan fingerprint density at radius 3 is 3.06 bits per heavy atom. The molecule has 2 aromatic heterocycles. The van der Waals surface area contributed by atoms with Crippen molar-refractivity contribution in [2.75, 3.05) is 0 Å². The van der Waals surface area contributed by atoms with Gasteiger partial charge in [-0.05, 0) is 59.0 Å². The smallest absolute Gasteiger partial charge is 0.169 e. The Morgan fingerprint density at radius 1 is 1.39 bits per heavy atom. The highest BCUT2D eigenvalue weighted by molar-refractivity contribution is 9.10. The number of nitrogens with zero attached hydrogens (tertiary/aromatic N) is 1. The number of halogens is 1. The van der Waals surface area contributed by atoms with Gasteiger partial charge >= 0.3 is 0 Å². The largest absolute Gasteiger partial charge is 0.453 e. The van der Waals surface area contributed by atoms with Gasteiger partial charge in [0.2, 0.25) is 0 Å². The van der Waals surface area contributed by atoms with Crippen LogP contribution in [0.25, 0.3) is 0 Å². The number of hydrogen-bond acceptors (Lipinski definition) is 3. The van der Waals surface area contributed by atoms with Gasteiger partial charge < -0.3 is 10.2 Å². The molecule has 0 bridgehead atoms. The summed E-state index contributed by atoms with van der Waals surface area (Å²) in [5.74, 6) is 1.08. The Hall–Kier alpha value is -1.13. The molecular weight excluding hydrogens is 292 g/mol. The Bertz CT molecular complexity index is 552. The van der Waals surface area contributed by atoms with Crippen molar-refractivity contribution in [1.82, 2.24) is 4.98 Å². The number of nitrogens with two attached hydrogens (primary N) is 1. The van der Waals surface area contributed by atoms with E-state index < -0.39 is 0 Å². The van der Waals surface area contributed by atoms with Gasteiger partial charge in [0.15, 0.2) is 4.67 Å². The fourth-order valence-electron chi connectivity index (χ4n) is 2.70. The number of pyridine rings is 1. The van der Waals surface area contributed by atoms with Crippen LogP contribution in [0.4, 0.5) is 0 Å². The SMILES string of the molecule is NC(c1ccc(Br)o1)C1CCCc2cccnc21. The summed E-state index contributed by atoms with van der Waals surface area (Å²) in [4.78, 5) is 4.52. The molecule has 1 aliphatic rings. The van der Waals surface area contributed by atoms with Crippen molar-refractivity contribution in [1.29, 1.82) is 0 Å². The van der Waals surface area contributed by atoms with Gasteiger partial charge in [-0.25, -0.2) is 0 Å². The second kappa shape index (κ2) is 4.86. The molecule has 3 rings (SSSR count). The molecule has 4 heteroatoms. The van der Waals surface area contributed by atoms with E-state index in [9.17, 15) is 0 Å².